The quantitative estimate of drug-likeness (QED) is 0.764. The van der Waals surface area contributed by atoms with Crippen LogP contribution in [0.25, 0.3) is 5.69 Å². The molecule has 0 bridgehead atoms. The highest BCUT2D eigenvalue weighted by Crippen LogP contribution is 2.26. The highest BCUT2D eigenvalue weighted by atomic mass is 19.1. The Morgan fingerprint density at radius 3 is 2.76 bits per heavy atom. The lowest BCUT2D eigenvalue weighted by atomic mass is 10.0. The first-order chi connectivity index (χ1) is 12.0. The van der Waals surface area contributed by atoms with Crippen molar-refractivity contribution in [3.05, 3.63) is 71.2 Å². The van der Waals surface area contributed by atoms with Gasteiger partial charge in [0.25, 0.3) is 5.91 Å². The molecule has 1 amide bonds. The number of carbonyl (C=O) groups is 1. The minimum absolute atomic E-state index is 0.0360. The van der Waals surface area contributed by atoms with Crippen molar-refractivity contribution in [2.45, 2.75) is 33.2 Å². The van der Waals surface area contributed by atoms with Crippen LogP contribution in [-0.2, 0) is 6.54 Å². The van der Waals surface area contributed by atoms with E-state index in [4.69, 9.17) is 4.42 Å². The second kappa shape index (κ2) is 6.93. The van der Waals surface area contributed by atoms with E-state index in [0.29, 0.717) is 29.2 Å². The molecule has 2 heterocycles. The lowest BCUT2D eigenvalue weighted by molar-refractivity contribution is 0.0946. The summed E-state index contributed by atoms with van der Waals surface area (Å²) in [5, 5.41) is 7.33. The molecule has 0 aliphatic rings. The molecule has 0 fully saturated rings. The zero-order valence-electron chi connectivity index (χ0n) is 14.4. The molecule has 0 unspecified atom stereocenters. The van der Waals surface area contributed by atoms with Gasteiger partial charge < -0.3 is 9.73 Å². The van der Waals surface area contributed by atoms with Gasteiger partial charge in [0.05, 0.1) is 35.4 Å². The normalized spacial score (nSPS) is 11.1. The fourth-order valence-electron chi connectivity index (χ4n) is 2.83. The van der Waals surface area contributed by atoms with Gasteiger partial charge in [-0.1, -0.05) is 19.9 Å². The van der Waals surface area contributed by atoms with Crippen molar-refractivity contribution in [3.63, 3.8) is 0 Å². The van der Waals surface area contributed by atoms with Crippen LogP contribution in [0.1, 0.15) is 47.3 Å². The number of aromatic nitrogens is 2. The van der Waals surface area contributed by atoms with E-state index in [0.717, 1.165) is 5.69 Å². The third-order valence-corrected chi connectivity index (χ3v) is 3.93. The number of benzene rings is 1. The van der Waals surface area contributed by atoms with E-state index in [1.165, 1.54) is 12.1 Å². The lowest BCUT2D eigenvalue weighted by Gasteiger charge is -2.13. The van der Waals surface area contributed by atoms with E-state index < -0.39 is 0 Å². The Labute approximate surface area is 145 Å². The number of hydrogen-bond acceptors (Lipinski definition) is 3. The summed E-state index contributed by atoms with van der Waals surface area (Å²) in [5.74, 6) is 0.146. The van der Waals surface area contributed by atoms with E-state index in [-0.39, 0.29) is 17.6 Å². The fraction of sp³-hybridized carbons (Fsp3) is 0.263. The van der Waals surface area contributed by atoms with E-state index in [2.05, 4.69) is 10.4 Å². The van der Waals surface area contributed by atoms with Crippen molar-refractivity contribution < 1.29 is 13.6 Å². The van der Waals surface area contributed by atoms with Crippen molar-refractivity contribution in [3.8, 4) is 5.69 Å². The van der Waals surface area contributed by atoms with Gasteiger partial charge in [-0.2, -0.15) is 5.10 Å². The highest BCUT2D eigenvalue weighted by molar-refractivity contribution is 5.96. The molecule has 130 valence electrons. The summed E-state index contributed by atoms with van der Waals surface area (Å²) in [4.78, 5) is 12.7. The summed E-state index contributed by atoms with van der Waals surface area (Å²) in [6, 6.07) is 9.75. The molecule has 0 aliphatic carbocycles. The number of rotatable bonds is 5. The molecule has 25 heavy (non-hydrogen) atoms. The molecule has 1 N–H and O–H groups in total. The van der Waals surface area contributed by atoms with Crippen LogP contribution < -0.4 is 5.32 Å². The van der Waals surface area contributed by atoms with Crippen LogP contribution in [0.15, 0.2) is 47.1 Å². The first kappa shape index (κ1) is 17.0. The molecule has 6 heteroatoms. The molecule has 0 spiro atoms. The van der Waals surface area contributed by atoms with Crippen molar-refractivity contribution in [1.82, 2.24) is 15.1 Å². The van der Waals surface area contributed by atoms with E-state index in [1.54, 1.807) is 42.1 Å². The molecule has 2 aromatic heterocycles. The average molecular weight is 341 g/mol. The van der Waals surface area contributed by atoms with Gasteiger partial charge in [-0.05, 0) is 43.2 Å². The van der Waals surface area contributed by atoms with Crippen LogP contribution in [-0.4, -0.2) is 15.7 Å². The van der Waals surface area contributed by atoms with Gasteiger partial charge in [-0.25, -0.2) is 9.07 Å². The average Bonchev–Trinajstić information content (AvgIpc) is 3.20. The Hall–Kier alpha value is -2.89. The van der Waals surface area contributed by atoms with Gasteiger partial charge in [0, 0.05) is 0 Å². The maximum atomic E-state index is 13.6. The second-order valence-electron chi connectivity index (χ2n) is 6.15. The third-order valence-electron chi connectivity index (χ3n) is 3.93. The number of nitrogens with zero attached hydrogens (tertiary/aromatic N) is 2. The number of amides is 1. The molecule has 3 aromatic rings. The number of hydrogen-bond donors (Lipinski definition) is 1. The van der Waals surface area contributed by atoms with Crippen molar-refractivity contribution >= 4 is 5.91 Å². The Bertz CT molecular complexity index is 882. The fourth-order valence-corrected chi connectivity index (χ4v) is 2.83. The summed E-state index contributed by atoms with van der Waals surface area (Å²) in [6.45, 7) is 6.04. The number of nitrogens with one attached hydrogen (secondary N) is 1. The van der Waals surface area contributed by atoms with E-state index in [1.807, 2.05) is 13.8 Å². The maximum Gasteiger partial charge on any atom is 0.255 e. The van der Waals surface area contributed by atoms with Crippen LogP contribution >= 0.6 is 0 Å². The SMILES string of the molecule is Cc1nn(-c2cccc(F)c2)c(C(C)C)c1C(=O)NCc1ccco1. The number of halogens is 1. The first-order valence-corrected chi connectivity index (χ1v) is 8.13. The summed E-state index contributed by atoms with van der Waals surface area (Å²) < 4.78 is 20.5. The van der Waals surface area contributed by atoms with E-state index in [9.17, 15) is 9.18 Å². The largest absolute Gasteiger partial charge is 0.467 e. The Balaban J connectivity index is 1.97. The highest BCUT2D eigenvalue weighted by Gasteiger charge is 2.24. The molecule has 5 nitrogen and oxygen atoms in total. The smallest absolute Gasteiger partial charge is 0.255 e. The molecule has 0 saturated heterocycles. The third kappa shape index (κ3) is 3.47. The predicted octanol–water partition coefficient (Wildman–Crippen LogP) is 3.97. The Morgan fingerprint density at radius 1 is 1.32 bits per heavy atom. The molecule has 3 rings (SSSR count). The second-order valence-corrected chi connectivity index (χ2v) is 6.15. The van der Waals surface area contributed by atoms with Gasteiger partial charge in [0.15, 0.2) is 0 Å². The van der Waals surface area contributed by atoms with Crippen LogP contribution in [0.4, 0.5) is 4.39 Å². The topological polar surface area (TPSA) is 60.1 Å². The van der Waals surface area contributed by atoms with Crippen LogP contribution in [0.2, 0.25) is 0 Å². The zero-order chi connectivity index (χ0) is 18.0. The van der Waals surface area contributed by atoms with E-state index >= 15 is 0 Å². The van der Waals surface area contributed by atoms with Crippen LogP contribution in [0, 0.1) is 12.7 Å². The molecule has 0 radical (unpaired) electrons. The van der Waals surface area contributed by atoms with Gasteiger partial charge in [-0.15, -0.1) is 0 Å². The van der Waals surface area contributed by atoms with Gasteiger partial charge in [-0.3, -0.25) is 4.79 Å². The summed E-state index contributed by atoms with van der Waals surface area (Å²) >= 11 is 0. The standard InChI is InChI=1S/C19H20FN3O2/c1-12(2)18-17(19(24)21-11-16-8-5-9-25-16)13(3)22-23(18)15-7-4-6-14(20)10-15/h4-10,12H,11H2,1-3H3,(H,21,24). The summed E-state index contributed by atoms with van der Waals surface area (Å²) in [7, 11) is 0. The van der Waals surface area contributed by atoms with Crippen molar-refractivity contribution in [2.24, 2.45) is 0 Å². The zero-order valence-corrected chi connectivity index (χ0v) is 14.4. The van der Waals surface area contributed by atoms with Crippen molar-refractivity contribution in [2.75, 3.05) is 0 Å². The number of furan rings is 1. The molecular weight excluding hydrogens is 321 g/mol. The number of carbonyl (C=O) groups excluding carboxylic acids is 1. The first-order valence-electron chi connectivity index (χ1n) is 8.13. The molecule has 0 aliphatic heterocycles. The summed E-state index contributed by atoms with van der Waals surface area (Å²) in [6.07, 6.45) is 1.56. The molecule has 0 saturated carbocycles. The van der Waals surface area contributed by atoms with Crippen LogP contribution in [0.3, 0.4) is 0 Å². The Morgan fingerprint density at radius 2 is 2.12 bits per heavy atom. The lowest BCUT2D eigenvalue weighted by Crippen LogP contribution is -2.24. The monoisotopic (exact) mass is 341 g/mol. The van der Waals surface area contributed by atoms with Gasteiger partial charge in [0.1, 0.15) is 11.6 Å². The summed E-state index contributed by atoms with van der Waals surface area (Å²) in [5.41, 5.74) is 2.47. The van der Waals surface area contributed by atoms with Crippen LogP contribution in [0.5, 0.6) is 0 Å². The van der Waals surface area contributed by atoms with Gasteiger partial charge >= 0.3 is 0 Å². The predicted molar refractivity (Wildman–Crippen MR) is 92.2 cm³/mol. The Kier molecular flexibility index (Phi) is 4.70. The minimum Gasteiger partial charge on any atom is -0.467 e. The number of aryl methyl sites for hydroxylation is 1. The van der Waals surface area contributed by atoms with Crippen molar-refractivity contribution in [1.29, 1.82) is 0 Å². The maximum absolute atomic E-state index is 13.6. The van der Waals surface area contributed by atoms with Gasteiger partial charge in [0.2, 0.25) is 0 Å². The molecular formula is C19H20FN3O2. The molecule has 1 aromatic carbocycles. The minimum atomic E-state index is -0.343. The molecule has 0 atom stereocenters.